The van der Waals surface area contributed by atoms with Gasteiger partial charge in [0.25, 0.3) is 5.56 Å². The number of carbonyl (C=O) groups is 2. The van der Waals surface area contributed by atoms with E-state index in [1.807, 2.05) is 13.8 Å². The maximum absolute atomic E-state index is 12.3. The van der Waals surface area contributed by atoms with E-state index >= 15 is 0 Å². The molecule has 3 N–H and O–H groups in total. The number of carboxylic acids is 1. The molecule has 0 unspecified atom stereocenters. The van der Waals surface area contributed by atoms with Gasteiger partial charge in [0, 0.05) is 17.7 Å². The summed E-state index contributed by atoms with van der Waals surface area (Å²) >= 11 is 1.45. The molecule has 0 radical (unpaired) electrons. The van der Waals surface area contributed by atoms with Crippen molar-refractivity contribution in [2.75, 3.05) is 5.32 Å². The zero-order valence-corrected chi connectivity index (χ0v) is 16.0. The van der Waals surface area contributed by atoms with E-state index in [0.29, 0.717) is 16.0 Å². The Bertz CT molecular complexity index is 1110. The third-order valence-electron chi connectivity index (χ3n) is 4.36. The largest absolute Gasteiger partial charge is 0.478 e. The molecular formula is C19H19N3O4S. The predicted octanol–water partition coefficient (Wildman–Crippen LogP) is 3.18. The SMILES string of the molecule is Cc1ccc(NC(=O)CCc2nc3sc(C)c(C)c3c(=O)[nH]2)c(C(=O)O)c1. The summed E-state index contributed by atoms with van der Waals surface area (Å²) < 4.78 is 0. The Hall–Kier alpha value is -3.00. The first-order chi connectivity index (χ1) is 12.8. The van der Waals surface area contributed by atoms with Crippen LogP contribution in [0, 0.1) is 20.8 Å². The molecule has 0 saturated carbocycles. The number of carbonyl (C=O) groups excluding carboxylic acids is 1. The van der Waals surface area contributed by atoms with Gasteiger partial charge in [0.15, 0.2) is 0 Å². The van der Waals surface area contributed by atoms with Crippen LogP contribution in [0.1, 0.15) is 38.6 Å². The van der Waals surface area contributed by atoms with Crippen molar-refractivity contribution in [3.05, 3.63) is 55.9 Å². The minimum absolute atomic E-state index is 0.0424. The van der Waals surface area contributed by atoms with Crippen molar-refractivity contribution < 1.29 is 14.7 Å². The van der Waals surface area contributed by atoms with Gasteiger partial charge in [-0.3, -0.25) is 9.59 Å². The number of aromatic amines is 1. The van der Waals surface area contributed by atoms with Crippen LogP contribution in [0.2, 0.25) is 0 Å². The lowest BCUT2D eigenvalue weighted by molar-refractivity contribution is -0.116. The van der Waals surface area contributed by atoms with Crippen LogP contribution >= 0.6 is 11.3 Å². The van der Waals surface area contributed by atoms with E-state index in [1.54, 1.807) is 19.1 Å². The highest BCUT2D eigenvalue weighted by Crippen LogP contribution is 2.25. The topological polar surface area (TPSA) is 112 Å². The number of aromatic carboxylic acids is 1. The first-order valence-corrected chi connectivity index (χ1v) is 9.20. The van der Waals surface area contributed by atoms with Gasteiger partial charge in [0.2, 0.25) is 5.91 Å². The first-order valence-electron chi connectivity index (χ1n) is 8.39. The Morgan fingerprint density at radius 2 is 2.00 bits per heavy atom. The van der Waals surface area contributed by atoms with Gasteiger partial charge in [0.05, 0.1) is 16.6 Å². The first kappa shape index (κ1) is 18.8. The van der Waals surface area contributed by atoms with Crippen LogP contribution in [0.15, 0.2) is 23.0 Å². The van der Waals surface area contributed by atoms with Crippen LogP contribution < -0.4 is 10.9 Å². The number of thiophene rings is 1. The highest BCUT2D eigenvalue weighted by atomic mass is 32.1. The summed E-state index contributed by atoms with van der Waals surface area (Å²) in [6.45, 7) is 5.61. The van der Waals surface area contributed by atoms with E-state index in [1.165, 1.54) is 17.4 Å². The van der Waals surface area contributed by atoms with E-state index < -0.39 is 5.97 Å². The van der Waals surface area contributed by atoms with Gasteiger partial charge in [-0.15, -0.1) is 11.3 Å². The number of H-pyrrole nitrogens is 1. The molecule has 1 aromatic carbocycles. The normalized spacial score (nSPS) is 10.9. The van der Waals surface area contributed by atoms with Gasteiger partial charge in [-0.25, -0.2) is 9.78 Å². The number of aryl methyl sites for hydroxylation is 4. The summed E-state index contributed by atoms with van der Waals surface area (Å²) in [6, 6.07) is 4.81. The van der Waals surface area contributed by atoms with Gasteiger partial charge in [-0.1, -0.05) is 11.6 Å². The lowest BCUT2D eigenvalue weighted by Crippen LogP contribution is -2.17. The van der Waals surface area contributed by atoms with E-state index in [0.717, 1.165) is 16.0 Å². The molecule has 0 fully saturated rings. The number of hydrogen-bond donors (Lipinski definition) is 3. The molecule has 0 atom stereocenters. The second kappa shape index (κ2) is 7.32. The zero-order valence-electron chi connectivity index (χ0n) is 15.2. The average Bonchev–Trinajstić information content (AvgIpc) is 2.89. The van der Waals surface area contributed by atoms with Crippen LogP contribution in [0.25, 0.3) is 10.2 Å². The highest BCUT2D eigenvalue weighted by molar-refractivity contribution is 7.18. The predicted molar refractivity (Wildman–Crippen MR) is 105 cm³/mol. The summed E-state index contributed by atoms with van der Waals surface area (Å²) in [5.74, 6) is -1.01. The number of hydrogen-bond acceptors (Lipinski definition) is 5. The minimum atomic E-state index is -1.10. The second-order valence-corrected chi connectivity index (χ2v) is 7.58. The molecule has 0 aliphatic carbocycles. The minimum Gasteiger partial charge on any atom is -0.478 e. The lowest BCUT2D eigenvalue weighted by atomic mass is 10.1. The Labute approximate surface area is 159 Å². The van der Waals surface area contributed by atoms with E-state index in [9.17, 15) is 19.5 Å². The Morgan fingerprint density at radius 3 is 2.70 bits per heavy atom. The van der Waals surface area contributed by atoms with Crippen LogP contribution in [-0.2, 0) is 11.2 Å². The van der Waals surface area contributed by atoms with Gasteiger partial charge in [0.1, 0.15) is 10.7 Å². The molecule has 7 nitrogen and oxygen atoms in total. The van der Waals surface area contributed by atoms with Crippen molar-refractivity contribution in [1.82, 2.24) is 9.97 Å². The second-order valence-electron chi connectivity index (χ2n) is 6.38. The smallest absolute Gasteiger partial charge is 0.337 e. The third kappa shape index (κ3) is 3.90. The molecule has 27 heavy (non-hydrogen) atoms. The summed E-state index contributed by atoms with van der Waals surface area (Å²) in [6.07, 6.45) is 0.325. The van der Waals surface area contributed by atoms with Crippen LogP contribution in [0.4, 0.5) is 5.69 Å². The molecule has 0 aliphatic rings. The third-order valence-corrected chi connectivity index (χ3v) is 5.46. The molecule has 0 bridgehead atoms. The van der Waals surface area contributed by atoms with Crippen LogP contribution in [-0.4, -0.2) is 27.0 Å². The highest BCUT2D eigenvalue weighted by Gasteiger charge is 2.15. The zero-order chi connectivity index (χ0) is 19.7. The lowest BCUT2D eigenvalue weighted by Gasteiger charge is -2.09. The number of amides is 1. The van der Waals surface area contributed by atoms with Crippen molar-refractivity contribution in [2.24, 2.45) is 0 Å². The van der Waals surface area contributed by atoms with Gasteiger partial charge < -0.3 is 15.4 Å². The molecule has 3 aromatic rings. The van der Waals surface area contributed by atoms with Crippen molar-refractivity contribution in [3.8, 4) is 0 Å². The monoisotopic (exact) mass is 385 g/mol. The number of rotatable bonds is 5. The standard InChI is InChI=1S/C19H19N3O4S/c1-9-4-5-13(12(8-9)19(25)26)20-15(23)7-6-14-21-17(24)16-10(2)11(3)27-18(16)22-14/h4-5,8H,6-7H2,1-3H3,(H,20,23)(H,25,26)(H,21,22,24). The fourth-order valence-corrected chi connectivity index (χ4v) is 3.86. The number of nitrogens with one attached hydrogen (secondary N) is 2. The Morgan fingerprint density at radius 1 is 1.26 bits per heavy atom. The van der Waals surface area contributed by atoms with Gasteiger partial charge in [-0.2, -0.15) is 0 Å². The van der Waals surface area contributed by atoms with E-state index in [4.69, 9.17) is 0 Å². The number of anilines is 1. The number of carboxylic acid groups (broad SMARTS) is 1. The molecule has 140 valence electrons. The number of benzene rings is 1. The summed E-state index contributed by atoms with van der Waals surface area (Å²) in [5, 5.41) is 12.5. The number of aromatic nitrogens is 2. The van der Waals surface area contributed by atoms with Crippen molar-refractivity contribution in [1.29, 1.82) is 0 Å². The number of fused-ring (bicyclic) bond motifs is 1. The maximum Gasteiger partial charge on any atom is 0.337 e. The molecule has 8 heteroatoms. The average molecular weight is 385 g/mol. The molecule has 3 rings (SSSR count). The molecule has 0 spiro atoms. The van der Waals surface area contributed by atoms with E-state index in [2.05, 4.69) is 15.3 Å². The quantitative estimate of drug-likeness (QED) is 0.624. The van der Waals surface area contributed by atoms with Gasteiger partial charge >= 0.3 is 5.97 Å². The summed E-state index contributed by atoms with van der Waals surface area (Å²) in [5.41, 5.74) is 1.81. The van der Waals surface area contributed by atoms with Gasteiger partial charge in [-0.05, 0) is 38.5 Å². The van der Waals surface area contributed by atoms with Crippen molar-refractivity contribution in [3.63, 3.8) is 0 Å². The summed E-state index contributed by atoms with van der Waals surface area (Å²) in [4.78, 5) is 44.7. The Balaban J connectivity index is 1.74. The maximum atomic E-state index is 12.3. The summed E-state index contributed by atoms with van der Waals surface area (Å²) in [7, 11) is 0. The molecule has 2 aromatic heterocycles. The van der Waals surface area contributed by atoms with Crippen molar-refractivity contribution >= 4 is 39.1 Å². The van der Waals surface area contributed by atoms with Crippen molar-refractivity contribution in [2.45, 2.75) is 33.6 Å². The fourth-order valence-electron chi connectivity index (χ4n) is 2.81. The fraction of sp³-hybridized carbons (Fsp3) is 0.263. The Kier molecular flexibility index (Phi) is 5.09. The van der Waals surface area contributed by atoms with Crippen LogP contribution in [0.3, 0.4) is 0 Å². The molecular weight excluding hydrogens is 366 g/mol. The molecule has 1 amide bonds. The molecule has 0 aliphatic heterocycles. The van der Waals surface area contributed by atoms with E-state index in [-0.39, 0.29) is 35.6 Å². The van der Waals surface area contributed by atoms with Crippen LogP contribution in [0.5, 0.6) is 0 Å². The molecule has 2 heterocycles. The molecule has 0 saturated heterocycles. The number of nitrogens with zero attached hydrogens (tertiary/aromatic N) is 1.